The molecular weight excluding hydrogens is 240 g/mol. The van der Waals surface area contributed by atoms with E-state index in [9.17, 15) is 0 Å². The second kappa shape index (κ2) is 5.92. The van der Waals surface area contributed by atoms with Crippen molar-refractivity contribution in [1.29, 1.82) is 0 Å². The number of benzene rings is 1. The molecule has 0 heterocycles. The Morgan fingerprint density at radius 3 is 1.90 bits per heavy atom. The van der Waals surface area contributed by atoms with E-state index in [1.807, 2.05) is 13.8 Å². The summed E-state index contributed by atoms with van der Waals surface area (Å²) in [5.74, 6) is 0. The van der Waals surface area contributed by atoms with Gasteiger partial charge in [0.05, 0.1) is 0 Å². The summed E-state index contributed by atoms with van der Waals surface area (Å²) in [5, 5.41) is 0. The molecule has 1 aromatic rings. The van der Waals surface area contributed by atoms with Crippen molar-refractivity contribution in [3.8, 4) is 0 Å². The van der Waals surface area contributed by atoms with Gasteiger partial charge in [0.2, 0.25) is 0 Å². The van der Waals surface area contributed by atoms with E-state index in [1.54, 1.807) is 16.7 Å². The molecule has 0 bridgehead atoms. The van der Waals surface area contributed by atoms with Gasteiger partial charge in [-0.05, 0) is 71.8 Å². The summed E-state index contributed by atoms with van der Waals surface area (Å²) in [7, 11) is 0. The highest BCUT2D eigenvalue weighted by Gasteiger charge is 2.38. The number of aryl methyl sites for hydroxylation is 1. The molecule has 0 fully saturated rings. The van der Waals surface area contributed by atoms with Gasteiger partial charge in [-0.3, -0.25) is 0 Å². The lowest BCUT2D eigenvalue weighted by atomic mass is 9.61. The van der Waals surface area contributed by atoms with Crippen LogP contribution < -0.4 is 0 Å². The monoisotopic (exact) mass is 274 g/mol. The highest BCUT2D eigenvalue weighted by molar-refractivity contribution is 5.52. The first-order valence-corrected chi connectivity index (χ1v) is 8.35. The van der Waals surface area contributed by atoms with Crippen molar-refractivity contribution >= 4 is 0 Å². The normalized spacial score (nSPS) is 18.9. The predicted molar refractivity (Wildman–Crippen MR) is 91.9 cm³/mol. The van der Waals surface area contributed by atoms with Gasteiger partial charge in [0.15, 0.2) is 0 Å². The van der Waals surface area contributed by atoms with Gasteiger partial charge in [0, 0.05) is 0 Å². The maximum Gasteiger partial charge on any atom is -0.00976 e. The van der Waals surface area contributed by atoms with Crippen LogP contribution in [0.15, 0.2) is 6.07 Å². The minimum atomic E-state index is 0.339. The average Bonchev–Trinajstić information content (AvgIpc) is 2.40. The fourth-order valence-corrected chi connectivity index (χ4v) is 3.64. The maximum atomic E-state index is 2.50. The van der Waals surface area contributed by atoms with Crippen LogP contribution in [-0.2, 0) is 17.3 Å². The van der Waals surface area contributed by atoms with Gasteiger partial charge in [-0.2, -0.15) is 0 Å². The van der Waals surface area contributed by atoms with E-state index in [-0.39, 0.29) is 0 Å². The molecule has 20 heavy (non-hydrogen) atoms. The molecule has 1 aromatic carbocycles. The second-order valence-electron chi connectivity index (χ2n) is 7.33. The summed E-state index contributed by atoms with van der Waals surface area (Å²) in [6.45, 7) is 20.6. The molecule has 0 N–H and O–H groups in total. The fourth-order valence-electron chi connectivity index (χ4n) is 3.64. The van der Waals surface area contributed by atoms with Crippen LogP contribution in [-0.4, -0.2) is 0 Å². The van der Waals surface area contributed by atoms with Crippen molar-refractivity contribution < 1.29 is 0 Å². The van der Waals surface area contributed by atoms with Crippen LogP contribution in [0, 0.1) is 13.8 Å². The van der Waals surface area contributed by atoms with E-state index in [1.165, 1.54) is 24.0 Å². The number of hydrogen-bond acceptors (Lipinski definition) is 0. The van der Waals surface area contributed by atoms with Gasteiger partial charge >= 0.3 is 0 Å². The Bertz CT molecular complexity index is 475. The highest BCUT2D eigenvalue weighted by Crippen LogP contribution is 2.48. The Labute approximate surface area is 127 Å². The molecule has 0 heteroatoms. The molecule has 2 rings (SSSR count). The SMILES string of the molecule is CC.CCc1cc2c(c(C)c1C)C(C)(C)CCC2(C)C. The summed E-state index contributed by atoms with van der Waals surface area (Å²) >= 11 is 0. The molecule has 0 saturated carbocycles. The first-order chi connectivity index (χ1) is 9.20. The minimum absolute atomic E-state index is 0.339. The molecule has 114 valence electrons. The Balaban J connectivity index is 0.000000956. The van der Waals surface area contributed by atoms with E-state index in [2.05, 4.69) is 54.5 Å². The summed E-state index contributed by atoms with van der Waals surface area (Å²) in [4.78, 5) is 0. The summed E-state index contributed by atoms with van der Waals surface area (Å²) in [6.07, 6.45) is 3.76. The molecule has 0 aliphatic heterocycles. The van der Waals surface area contributed by atoms with Crippen molar-refractivity contribution in [3.05, 3.63) is 33.9 Å². The zero-order valence-corrected chi connectivity index (χ0v) is 15.2. The Kier molecular flexibility index (Phi) is 5.11. The summed E-state index contributed by atoms with van der Waals surface area (Å²) in [6, 6.07) is 2.50. The molecule has 0 radical (unpaired) electrons. The van der Waals surface area contributed by atoms with Gasteiger partial charge < -0.3 is 0 Å². The van der Waals surface area contributed by atoms with E-state index in [0.717, 1.165) is 6.42 Å². The zero-order chi connectivity index (χ0) is 15.7. The van der Waals surface area contributed by atoms with E-state index in [4.69, 9.17) is 0 Å². The van der Waals surface area contributed by atoms with Gasteiger partial charge in [0.25, 0.3) is 0 Å². The minimum Gasteiger partial charge on any atom is -0.0683 e. The van der Waals surface area contributed by atoms with Gasteiger partial charge in [-0.15, -0.1) is 0 Å². The van der Waals surface area contributed by atoms with Crippen LogP contribution in [0.2, 0.25) is 0 Å². The number of fused-ring (bicyclic) bond motifs is 1. The molecule has 1 aliphatic rings. The Hall–Kier alpha value is -0.780. The maximum absolute atomic E-state index is 2.50. The molecule has 0 spiro atoms. The van der Waals surface area contributed by atoms with E-state index >= 15 is 0 Å². The number of rotatable bonds is 1. The van der Waals surface area contributed by atoms with Crippen molar-refractivity contribution in [1.82, 2.24) is 0 Å². The highest BCUT2D eigenvalue weighted by atomic mass is 14.4. The molecule has 0 saturated heterocycles. The average molecular weight is 274 g/mol. The number of hydrogen-bond donors (Lipinski definition) is 0. The lowest BCUT2D eigenvalue weighted by Crippen LogP contribution is -2.35. The van der Waals surface area contributed by atoms with Crippen LogP contribution in [0.3, 0.4) is 0 Å². The van der Waals surface area contributed by atoms with Crippen LogP contribution in [0.5, 0.6) is 0 Å². The molecule has 0 amide bonds. The van der Waals surface area contributed by atoms with E-state index in [0.29, 0.717) is 10.8 Å². The van der Waals surface area contributed by atoms with Crippen molar-refractivity contribution in [2.75, 3.05) is 0 Å². The molecule has 0 atom stereocenters. The molecule has 0 nitrogen and oxygen atoms in total. The lowest BCUT2D eigenvalue weighted by molar-refractivity contribution is 0.330. The fraction of sp³-hybridized carbons (Fsp3) is 0.700. The molecule has 0 unspecified atom stereocenters. The summed E-state index contributed by atoms with van der Waals surface area (Å²) < 4.78 is 0. The zero-order valence-electron chi connectivity index (χ0n) is 15.2. The van der Waals surface area contributed by atoms with Gasteiger partial charge in [0.1, 0.15) is 0 Å². The second-order valence-corrected chi connectivity index (χ2v) is 7.33. The third-order valence-corrected chi connectivity index (χ3v) is 5.17. The first-order valence-electron chi connectivity index (χ1n) is 8.35. The topological polar surface area (TPSA) is 0 Å². The summed E-state index contributed by atoms with van der Waals surface area (Å²) in [5.41, 5.74) is 8.52. The smallest absolute Gasteiger partial charge is 0.00976 e. The quantitative estimate of drug-likeness (QED) is 0.568. The van der Waals surface area contributed by atoms with Gasteiger partial charge in [-0.1, -0.05) is 54.5 Å². The predicted octanol–water partition coefficient (Wildman–Crippen LogP) is 6.24. The molecular formula is C20H34. The molecule has 1 aliphatic carbocycles. The standard InChI is InChI=1S/C18H28.C2H6/c1-8-14-11-15-16(13(3)12(14)2)18(6,7)10-9-17(15,4)5;1-2/h11H,8-10H2,1-7H3;1-2H3. The van der Waals surface area contributed by atoms with Crippen LogP contribution in [0.4, 0.5) is 0 Å². The lowest BCUT2D eigenvalue weighted by Gasteiger charge is -2.43. The van der Waals surface area contributed by atoms with Crippen molar-refractivity contribution in [2.45, 2.75) is 92.4 Å². The van der Waals surface area contributed by atoms with E-state index < -0.39 is 0 Å². The Morgan fingerprint density at radius 1 is 0.900 bits per heavy atom. The van der Waals surface area contributed by atoms with Gasteiger partial charge in [-0.25, -0.2) is 0 Å². The largest absolute Gasteiger partial charge is 0.0683 e. The van der Waals surface area contributed by atoms with Crippen molar-refractivity contribution in [3.63, 3.8) is 0 Å². The Morgan fingerprint density at radius 2 is 1.40 bits per heavy atom. The molecule has 0 aromatic heterocycles. The van der Waals surface area contributed by atoms with Crippen LogP contribution in [0.1, 0.15) is 89.1 Å². The van der Waals surface area contributed by atoms with Crippen molar-refractivity contribution in [2.24, 2.45) is 0 Å². The third kappa shape index (κ3) is 2.80. The first kappa shape index (κ1) is 17.3. The van der Waals surface area contributed by atoms with Crippen LogP contribution >= 0.6 is 0 Å². The third-order valence-electron chi connectivity index (χ3n) is 5.17. The van der Waals surface area contributed by atoms with Crippen LogP contribution in [0.25, 0.3) is 0 Å².